The second kappa shape index (κ2) is 5.01. The number of amides is 1. The highest BCUT2D eigenvalue weighted by Crippen LogP contribution is 2.28. The zero-order valence-electron chi connectivity index (χ0n) is 10.1. The van der Waals surface area contributed by atoms with Gasteiger partial charge in [0.15, 0.2) is 5.13 Å². The van der Waals surface area contributed by atoms with E-state index in [0.29, 0.717) is 10.0 Å². The molecule has 1 aromatic rings. The Morgan fingerprint density at radius 2 is 1.94 bits per heavy atom. The normalized spacial score (nSPS) is 11.4. The number of hydrogen-bond acceptors (Lipinski definition) is 5. The van der Waals surface area contributed by atoms with Gasteiger partial charge in [0.05, 0.1) is 0 Å². The molecule has 1 amide bonds. The second-order valence-electron chi connectivity index (χ2n) is 3.88. The second-order valence-corrected chi connectivity index (χ2v) is 4.86. The van der Waals surface area contributed by atoms with Gasteiger partial charge in [0.2, 0.25) is 0 Å². The fourth-order valence-corrected chi connectivity index (χ4v) is 2.08. The number of nitrogens with two attached hydrogens (primary N) is 1. The van der Waals surface area contributed by atoms with Crippen LogP contribution in [0.2, 0.25) is 0 Å². The van der Waals surface area contributed by atoms with Crippen molar-refractivity contribution in [3.05, 3.63) is 4.88 Å². The number of nitrogens with zero attached hydrogens (tertiary/aromatic N) is 3. The number of halogens is 3. The third kappa shape index (κ3) is 3.49. The van der Waals surface area contributed by atoms with Crippen LogP contribution >= 0.6 is 11.3 Å². The molecule has 102 valence electrons. The number of anilines is 2. The van der Waals surface area contributed by atoms with E-state index >= 15 is 0 Å². The van der Waals surface area contributed by atoms with E-state index in [4.69, 9.17) is 5.73 Å². The summed E-state index contributed by atoms with van der Waals surface area (Å²) in [6, 6.07) is 0. The molecule has 0 fully saturated rings. The lowest BCUT2D eigenvalue weighted by atomic mass is 10.4. The number of hydrogen-bond donors (Lipinski definition) is 1. The molecule has 0 aliphatic rings. The molecule has 9 heteroatoms. The van der Waals surface area contributed by atoms with Crippen molar-refractivity contribution in [2.75, 3.05) is 38.3 Å². The summed E-state index contributed by atoms with van der Waals surface area (Å²) in [6.45, 7) is -1.32. The molecule has 0 unspecified atom stereocenters. The highest BCUT2D eigenvalue weighted by Gasteiger charge is 2.32. The van der Waals surface area contributed by atoms with Gasteiger partial charge in [-0.2, -0.15) is 13.2 Å². The topological polar surface area (TPSA) is 62.5 Å². The molecule has 1 rings (SSSR count). The average molecular weight is 282 g/mol. The maximum absolute atomic E-state index is 12.2. The highest BCUT2D eigenvalue weighted by atomic mass is 32.1. The Bertz CT molecular complexity index is 444. The van der Waals surface area contributed by atoms with Crippen LogP contribution in [0.15, 0.2) is 0 Å². The van der Waals surface area contributed by atoms with Gasteiger partial charge in [-0.25, -0.2) is 4.98 Å². The zero-order valence-corrected chi connectivity index (χ0v) is 10.9. The van der Waals surface area contributed by atoms with Gasteiger partial charge in [-0.1, -0.05) is 11.3 Å². The van der Waals surface area contributed by atoms with Gasteiger partial charge in [-0.15, -0.1) is 0 Å². The van der Waals surface area contributed by atoms with E-state index in [1.807, 2.05) is 0 Å². The molecule has 0 bridgehead atoms. The number of aromatic nitrogens is 1. The molecule has 0 aromatic carbocycles. The first kappa shape index (κ1) is 14.6. The van der Waals surface area contributed by atoms with E-state index in [0.717, 1.165) is 18.4 Å². The molecule has 0 aliphatic carbocycles. The van der Waals surface area contributed by atoms with Crippen LogP contribution in [0, 0.1) is 0 Å². The Hall–Kier alpha value is -1.51. The number of rotatable bonds is 3. The van der Waals surface area contributed by atoms with Crippen LogP contribution in [0.1, 0.15) is 9.67 Å². The number of carbonyl (C=O) groups is 1. The van der Waals surface area contributed by atoms with E-state index in [2.05, 4.69) is 4.98 Å². The van der Waals surface area contributed by atoms with E-state index in [-0.39, 0.29) is 10.7 Å². The van der Waals surface area contributed by atoms with E-state index < -0.39 is 18.6 Å². The van der Waals surface area contributed by atoms with Gasteiger partial charge in [0.1, 0.15) is 17.2 Å². The molecule has 0 saturated carbocycles. The van der Waals surface area contributed by atoms with Gasteiger partial charge >= 0.3 is 6.18 Å². The third-order valence-electron chi connectivity index (χ3n) is 1.98. The standard InChI is InChI=1S/C9H13F3N4OS/c1-15(2)8-14-6(13)5(18-8)7(17)16(3)4-9(10,11)12/h4,13H2,1-3H3. The summed E-state index contributed by atoms with van der Waals surface area (Å²) < 4.78 is 36.5. The maximum atomic E-state index is 12.2. The Labute approximate surface area is 106 Å². The predicted molar refractivity (Wildman–Crippen MR) is 63.9 cm³/mol. The summed E-state index contributed by atoms with van der Waals surface area (Å²) >= 11 is 0.961. The minimum atomic E-state index is -4.44. The molecule has 5 nitrogen and oxygen atoms in total. The van der Waals surface area contributed by atoms with Crippen molar-refractivity contribution in [2.24, 2.45) is 0 Å². The fraction of sp³-hybridized carbons (Fsp3) is 0.556. The van der Waals surface area contributed by atoms with Crippen LogP contribution in [0.3, 0.4) is 0 Å². The number of carbonyl (C=O) groups excluding carboxylic acids is 1. The van der Waals surface area contributed by atoms with Crippen LogP contribution in [0.25, 0.3) is 0 Å². The molecule has 0 spiro atoms. The predicted octanol–water partition coefficient (Wildman–Crippen LogP) is 1.43. The van der Waals surface area contributed by atoms with E-state index in [9.17, 15) is 18.0 Å². The van der Waals surface area contributed by atoms with Crippen LogP contribution in [-0.2, 0) is 0 Å². The van der Waals surface area contributed by atoms with Gasteiger partial charge in [-0.05, 0) is 0 Å². The molecule has 2 N–H and O–H groups in total. The summed E-state index contributed by atoms with van der Waals surface area (Å²) in [4.78, 5) is 17.9. The monoisotopic (exact) mass is 282 g/mol. The van der Waals surface area contributed by atoms with Crippen molar-refractivity contribution < 1.29 is 18.0 Å². The molecule has 0 radical (unpaired) electrons. The lowest BCUT2D eigenvalue weighted by Crippen LogP contribution is -2.35. The zero-order chi connectivity index (χ0) is 14.1. The van der Waals surface area contributed by atoms with Crippen molar-refractivity contribution >= 4 is 28.2 Å². The Balaban J connectivity index is 2.90. The summed E-state index contributed by atoms with van der Waals surface area (Å²) in [7, 11) is 4.47. The van der Waals surface area contributed by atoms with E-state index in [1.165, 1.54) is 0 Å². The molecule has 1 heterocycles. The first-order chi connectivity index (χ1) is 8.11. The molecule has 0 saturated heterocycles. The Morgan fingerprint density at radius 3 is 2.33 bits per heavy atom. The van der Waals surface area contributed by atoms with Crippen LogP contribution in [-0.4, -0.2) is 49.7 Å². The van der Waals surface area contributed by atoms with Gasteiger partial charge in [0, 0.05) is 21.1 Å². The fourth-order valence-electron chi connectivity index (χ4n) is 1.18. The number of nitrogen functional groups attached to an aromatic ring is 1. The quantitative estimate of drug-likeness (QED) is 0.911. The summed E-state index contributed by atoms with van der Waals surface area (Å²) in [5.41, 5.74) is 5.53. The van der Waals surface area contributed by atoms with Crippen molar-refractivity contribution in [3.8, 4) is 0 Å². The molecular formula is C9H13F3N4OS. The first-order valence-electron chi connectivity index (χ1n) is 4.87. The molecule has 18 heavy (non-hydrogen) atoms. The Morgan fingerprint density at radius 1 is 1.39 bits per heavy atom. The van der Waals surface area contributed by atoms with Crippen LogP contribution in [0.4, 0.5) is 24.1 Å². The minimum Gasteiger partial charge on any atom is -0.382 e. The maximum Gasteiger partial charge on any atom is 0.406 e. The smallest absolute Gasteiger partial charge is 0.382 e. The Kier molecular flexibility index (Phi) is 4.05. The lowest BCUT2D eigenvalue weighted by Gasteiger charge is -2.18. The summed E-state index contributed by atoms with van der Waals surface area (Å²) in [5, 5.41) is 0.469. The molecule has 1 aromatic heterocycles. The largest absolute Gasteiger partial charge is 0.406 e. The van der Waals surface area contributed by atoms with Crippen molar-refractivity contribution in [1.82, 2.24) is 9.88 Å². The number of thiazole rings is 1. The van der Waals surface area contributed by atoms with Gasteiger partial charge in [0.25, 0.3) is 5.91 Å². The van der Waals surface area contributed by atoms with Crippen molar-refractivity contribution in [2.45, 2.75) is 6.18 Å². The van der Waals surface area contributed by atoms with Gasteiger partial charge < -0.3 is 15.5 Å². The van der Waals surface area contributed by atoms with Crippen molar-refractivity contribution in [1.29, 1.82) is 0 Å². The average Bonchev–Trinajstić information content (AvgIpc) is 2.56. The van der Waals surface area contributed by atoms with Gasteiger partial charge in [-0.3, -0.25) is 4.79 Å². The summed E-state index contributed by atoms with van der Waals surface area (Å²) in [5.74, 6) is -0.835. The van der Waals surface area contributed by atoms with Crippen LogP contribution < -0.4 is 10.6 Å². The number of alkyl halides is 3. The molecular weight excluding hydrogens is 269 g/mol. The third-order valence-corrected chi connectivity index (χ3v) is 3.21. The van der Waals surface area contributed by atoms with E-state index in [1.54, 1.807) is 19.0 Å². The minimum absolute atomic E-state index is 0.0189. The van der Waals surface area contributed by atoms with Crippen LogP contribution in [0.5, 0.6) is 0 Å². The SMILES string of the molecule is CN(CC(F)(F)F)C(=O)c1sc(N(C)C)nc1N. The molecule has 0 aliphatic heterocycles. The first-order valence-corrected chi connectivity index (χ1v) is 5.69. The lowest BCUT2D eigenvalue weighted by molar-refractivity contribution is -0.138. The highest BCUT2D eigenvalue weighted by molar-refractivity contribution is 7.18. The summed E-state index contributed by atoms with van der Waals surface area (Å²) in [6.07, 6.45) is -4.44. The molecule has 0 atom stereocenters. The van der Waals surface area contributed by atoms with Crippen molar-refractivity contribution in [3.63, 3.8) is 0 Å².